The van der Waals surface area contributed by atoms with Crippen molar-refractivity contribution in [1.29, 1.82) is 0 Å². The largest absolute Gasteiger partial charge is 0.327 e. The molecule has 26 heavy (non-hydrogen) atoms. The summed E-state index contributed by atoms with van der Waals surface area (Å²) in [6.45, 7) is 6.19. The Hall–Kier alpha value is -2.17. The highest BCUT2D eigenvalue weighted by Crippen LogP contribution is 2.48. The summed E-state index contributed by atoms with van der Waals surface area (Å²) in [5, 5.41) is 0. The zero-order valence-corrected chi connectivity index (χ0v) is 16.1. The SMILES string of the molecule is CC(C)[C@@H]1CC[C@@H](C)C[C@@]12C(=O)N(CC(=O)c1ccccc1)C(=O)N2C. The first-order valence-corrected chi connectivity index (χ1v) is 9.47. The fourth-order valence-corrected chi connectivity index (χ4v) is 4.82. The first-order valence-electron chi connectivity index (χ1n) is 9.47. The van der Waals surface area contributed by atoms with Gasteiger partial charge in [0, 0.05) is 12.6 Å². The molecule has 1 saturated carbocycles. The second kappa shape index (κ2) is 6.86. The second-order valence-electron chi connectivity index (χ2n) is 8.18. The fraction of sp³-hybridized carbons (Fsp3) is 0.571. The summed E-state index contributed by atoms with van der Waals surface area (Å²) in [5.41, 5.74) is -0.283. The Balaban J connectivity index is 1.91. The number of hydrogen-bond donors (Lipinski definition) is 0. The Morgan fingerprint density at radius 2 is 1.85 bits per heavy atom. The van der Waals surface area contributed by atoms with Gasteiger partial charge >= 0.3 is 6.03 Å². The molecule has 0 aromatic heterocycles. The Kier molecular flexibility index (Phi) is 4.91. The number of benzene rings is 1. The van der Waals surface area contributed by atoms with Crippen molar-refractivity contribution < 1.29 is 14.4 Å². The van der Waals surface area contributed by atoms with E-state index in [9.17, 15) is 14.4 Å². The maximum atomic E-state index is 13.4. The van der Waals surface area contributed by atoms with Crippen molar-refractivity contribution in [2.75, 3.05) is 13.6 Å². The summed E-state index contributed by atoms with van der Waals surface area (Å²) in [7, 11) is 1.72. The molecule has 1 aromatic carbocycles. The minimum atomic E-state index is -0.806. The number of nitrogens with zero attached hydrogens (tertiary/aromatic N) is 2. The van der Waals surface area contributed by atoms with Crippen LogP contribution in [0.15, 0.2) is 30.3 Å². The van der Waals surface area contributed by atoms with Crippen LogP contribution in [-0.4, -0.2) is 46.7 Å². The lowest BCUT2D eigenvalue weighted by molar-refractivity contribution is -0.139. The van der Waals surface area contributed by atoms with E-state index < -0.39 is 5.54 Å². The topological polar surface area (TPSA) is 57.7 Å². The number of urea groups is 1. The molecule has 1 aromatic rings. The third kappa shape index (κ3) is 2.83. The van der Waals surface area contributed by atoms with E-state index in [1.54, 1.807) is 36.2 Å². The number of rotatable bonds is 4. The standard InChI is InChI=1S/C21H28N2O3/c1-14(2)17-11-10-15(3)12-21(17)19(25)23(20(26)22(21)4)13-18(24)16-8-6-5-7-9-16/h5-9,14-15,17H,10-13H2,1-4H3/t15-,17+,21+/m1/s1. The van der Waals surface area contributed by atoms with Gasteiger partial charge in [-0.2, -0.15) is 0 Å². The van der Waals surface area contributed by atoms with Gasteiger partial charge in [0.2, 0.25) is 0 Å². The van der Waals surface area contributed by atoms with Gasteiger partial charge < -0.3 is 4.90 Å². The molecule has 1 heterocycles. The average Bonchev–Trinajstić information content (AvgIpc) is 2.78. The van der Waals surface area contributed by atoms with Crippen LogP contribution in [0.25, 0.3) is 0 Å². The van der Waals surface area contributed by atoms with Crippen LogP contribution in [0, 0.1) is 17.8 Å². The number of Topliss-reactive ketones (excluding diaryl/α,β-unsaturated/α-hetero) is 1. The van der Waals surface area contributed by atoms with Gasteiger partial charge in [0.05, 0.1) is 6.54 Å². The van der Waals surface area contributed by atoms with Gasteiger partial charge in [-0.25, -0.2) is 4.79 Å². The van der Waals surface area contributed by atoms with Crippen LogP contribution in [0.3, 0.4) is 0 Å². The normalized spacial score (nSPS) is 29.1. The summed E-state index contributed by atoms with van der Waals surface area (Å²) < 4.78 is 0. The van der Waals surface area contributed by atoms with Crippen molar-refractivity contribution in [3.63, 3.8) is 0 Å². The summed E-state index contributed by atoms with van der Waals surface area (Å²) in [6.07, 6.45) is 2.68. The van der Waals surface area contributed by atoms with Crippen molar-refractivity contribution in [2.45, 2.75) is 45.6 Å². The quantitative estimate of drug-likeness (QED) is 0.612. The molecule has 0 radical (unpaired) electrons. The van der Waals surface area contributed by atoms with Gasteiger partial charge in [-0.3, -0.25) is 14.5 Å². The molecule has 0 bridgehead atoms. The molecular formula is C21H28N2O3. The summed E-state index contributed by atoms with van der Waals surface area (Å²) in [4.78, 5) is 41.7. The number of ketones is 1. The molecule has 1 aliphatic carbocycles. The molecular weight excluding hydrogens is 328 g/mol. The number of imide groups is 1. The number of carbonyl (C=O) groups excluding carboxylic acids is 3. The van der Waals surface area contributed by atoms with E-state index in [1.807, 2.05) is 6.07 Å². The lowest BCUT2D eigenvalue weighted by Gasteiger charge is -2.47. The Morgan fingerprint density at radius 3 is 2.46 bits per heavy atom. The van der Waals surface area contributed by atoms with Crippen LogP contribution in [0.1, 0.15) is 50.4 Å². The zero-order chi connectivity index (χ0) is 19.1. The van der Waals surface area contributed by atoms with E-state index in [0.29, 0.717) is 23.8 Å². The number of amides is 3. The molecule has 5 nitrogen and oxygen atoms in total. The van der Waals surface area contributed by atoms with Crippen LogP contribution in [0.2, 0.25) is 0 Å². The summed E-state index contributed by atoms with van der Waals surface area (Å²) in [5.74, 6) is 0.402. The molecule has 1 spiro atoms. The van der Waals surface area contributed by atoms with Crippen molar-refractivity contribution in [3.8, 4) is 0 Å². The lowest BCUT2D eigenvalue weighted by atomic mass is 9.64. The molecule has 2 aliphatic rings. The zero-order valence-electron chi connectivity index (χ0n) is 16.1. The average molecular weight is 356 g/mol. The molecule has 140 valence electrons. The summed E-state index contributed by atoms with van der Waals surface area (Å²) in [6, 6.07) is 8.48. The number of likely N-dealkylation sites (N-methyl/N-ethyl adjacent to an activating group) is 1. The Morgan fingerprint density at radius 1 is 1.19 bits per heavy atom. The van der Waals surface area contributed by atoms with Crippen LogP contribution in [0.5, 0.6) is 0 Å². The molecule has 3 rings (SSSR count). The third-order valence-electron chi connectivity index (χ3n) is 6.18. The fourth-order valence-electron chi connectivity index (χ4n) is 4.82. The van der Waals surface area contributed by atoms with Gasteiger partial charge in [0.25, 0.3) is 5.91 Å². The van der Waals surface area contributed by atoms with Gasteiger partial charge in [0.15, 0.2) is 5.78 Å². The molecule has 0 unspecified atom stereocenters. The highest BCUT2D eigenvalue weighted by atomic mass is 16.2. The third-order valence-corrected chi connectivity index (χ3v) is 6.18. The van der Waals surface area contributed by atoms with E-state index in [0.717, 1.165) is 12.8 Å². The number of carbonyl (C=O) groups is 3. The van der Waals surface area contributed by atoms with Crippen LogP contribution >= 0.6 is 0 Å². The van der Waals surface area contributed by atoms with Crippen molar-refractivity contribution >= 4 is 17.7 Å². The molecule has 2 fully saturated rings. The second-order valence-corrected chi connectivity index (χ2v) is 8.18. The molecule has 0 N–H and O–H groups in total. The highest BCUT2D eigenvalue weighted by Gasteiger charge is 2.61. The first kappa shape index (κ1) is 18.6. The van der Waals surface area contributed by atoms with E-state index in [4.69, 9.17) is 0 Å². The molecule has 3 amide bonds. The highest BCUT2D eigenvalue weighted by molar-refractivity contribution is 6.11. The van der Waals surface area contributed by atoms with Crippen molar-refractivity contribution in [3.05, 3.63) is 35.9 Å². The maximum absolute atomic E-state index is 13.4. The monoisotopic (exact) mass is 356 g/mol. The van der Waals surface area contributed by atoms with Gasteiger partial charge in [-0.1, -0.05) is 57.5 Å². The molecule has 5 heteroatoms. The van der Waals surface area contributed by atoms with Crippen LogP contribution < -0.4 is 0 Å². The van der Waals surface area contributed by atoms with E-state index in [2.05, 4.69) is 20.8 Å². The Labute approximate surface area is 155 Å². The van der Waals surface area contributed by atoms with Gasteiger partial charge in [-0.15, -0.1) is 0 Å². The van der Waals surface area contributed by atoms with Gasteiger partial charge in [-0.05, 0) is 30.6 Å². The van der Waals surface area contributed by atoms with Gasteiger partial charge in [0.1, 0.15) is 5.54 Å². The number of hydrogen-bond acceptors (Lipinski definition) is 3. The van der Waals surface area contributed by atoms with E-state index >= 15 is 0 Å². The minimum Gasteiger partial charge on any atom is -0.312 e. The summed E-state index contributed by atoms with van der Waals surface area (Å²) >= 11 is 0. The maximum Gasteiger partial charge on any atom is 0.327 e. The van der Waals surface area contributed by atoms with Crippen molar-refractivity contribution in [1.82, 2.24) is 9.80 Å². The lowest BCUT2D eigenvalue weighted by Crippen LogP contribution is -2.58. The predicted molar refractivity (Wildman–Crippen MR) is 99.7 cm³/mol. The molecule has 1 saturated heterocycles. The first-order chi connectivity index (χ1) is 12.3. The van der Waals surface area contributed by atoms with Crippen LogP contribution in [-0.2, 0) is 4.79 Å². The smallest absolute Gasteiger partial charge is 0.312 e. The van der Waals surface area contributed by atoms with Crippen LogP contribution in [0.4, 0.5) is 4.79 Å². The minimum absolute atomic E-state index is 0.122. The predicted octanol–water partition coefficient (Wildman–Crippen LogP) is 3.59. The van der Waals surface area contributed by atoms with Crippen molar-refractivity contribution in [2.24, 2.45) is 17.8 Å². The molecule has 3 atom stereocenters. The van der Waals surface area contributed by atoms with E-state index in [-0.39, 0.29) is 30.2 Å². The van der Waals surface area contributed by atoms with E-state index in [1.165, 1.54) is 4.90 Å². The molecule has 1 aliphatic heterocycles. The Bertz CT molecular complexity index is 715.